The third-order valence-corrected chi connectivity index (χ3v) is 4.16. The number of hydrogen-bond donors (Lipinski definition) is 0. The van der Waals surface area contributed by atoms with Crippen LogP contribution in [0.3, 0.4) is 0 Å². The van der Waals surface area contributed by atoms with E-state index < -0.39 is 0 Å². The van der Waals surface area contributed by atoms with Gasteiger partial charge in [0.05, 0.1) is 17.8 Å². The molecule has 2 aliphatic rings. The molecule has 2 heterocycles. The van der Waals surface area contributed by atoms with Gasteiger partial charge in [-0.15, -0.1) is 0 Å². The first kappa shape index (κ1) is 13.6. The van der Waals surface area contributed by atoms with Gasteiger partial charge in [-0.05, 0) is 31.9 Å². The Bertz CT molecular complexity index is 450. The highest BCUT2D eigenvalue weighted by Crippen LogP contribution is 2.27. The van der Waals surface area contributed by atoms with Gasteiger partial charge < -0.3 is 9.47 Å². The summed E-state index contributed by atoms with van der Waals surface area (Å²) in [6, 6.07) is 9.39. The van der Waals surface area contributed by atoms with Crippen LogP contribution in [-0.4, -0.2) is 48.8 Å². The number of morpholine rings is 1. The van der Waals surface area contributed by atoms with Gasteiger partial charge in [0.15, 0.2) is 0 Å². The Labute approximate surface area is 119 Å². The summed E-state index contributed by atoms with van der Waals surface area (Å²) in [7, 11) is 0. The van der Waals surface area contributed by atoms with Crippen LogP contribution < -0.4 is 0 Å². The summed E-state index contributed by atoms with van der Waals surface area (Å²) >= 11 is 0. The van der Waals surface area contributed by atoms with Crippen LogP contribution in [-0.2, 0) is 9.47 Å². The highest BCUT2D eigenvalue weighted by molar-refractivity contribution is 5.89. The van der Waals surface area contributed by atoms with Crippen LogP contribution in [0.1, 0.15) is 30.1 Å². The minimum Gasteiger partial charge on any atom is -0.460 e. The summed E-state index contributed by atoms with van der Waals surface area (Å²) < 4.78 is 11.2. The van der Waals surface area contributed by atoms with Gasteiger partial charge in [-0.1, -0.05) is 18.2 Å². The maximum absolute atomic E-state index is 11.9. The first-order valence-electron chi connectivity index (χ1n) is 7.34. The third kappa shape index (κ3) is 3.02. The van der Waals surface area contributed by atoms with E-state index in [1.807, 2.05) is 18.2 Å². The number of nitrogens with zero attached hydrogens (tertiary/aromatic N) is 1. The number of carbonyl (C=O) groups is 1. The predicted molar refractivity (Wildman–Crippen MR) is 75.7 cm³/mol. The van der Waals surface area contributed by atoms with Gasteiger partial charge in [0.1, 0.15) is 6.61 Å². The molecule has 0 aromatic heterocycles. The smallest absolute Gasteiger partial charge is 0.338 e. The molecular formula is C16H21NO3. The van der Waals surface area contributed by atoms with E-state index in [1.165, 1.54) is 0 Å². The van der Waals surface area contributed by atoms with Crippen molar-refractivity contribution in [3.8, 4) is 0 Å². The largest absolute Gasteiger partial charge is 0.460 e. The van der Waals surface area contributed by atoms with Crippen molar-refractivity contribution in [3.63, 3.8) is 0 Å². The van der Waals surface area contributed by atoms with Gasteiger partial charge in [0.25, 0.3) is 0 Å². The Morgan fingerprint density at radius 1 is 1.30 bits per heavy atom. The molecule has 0 N–H and O–H groups in total. The Morgan fingerprint density at radius 2 is 1.95 bits per heavy atom. The second-order valence-corrected chi connectivity index (χ2v) is 5.72. The Kier molecular flexibility index (Phi) is 4.03. The zero-order valence-corrected chi connectivity index (χ0v) is 11.8. The van der Waals surface area contributed by atoms with Crippen molar-refractivity contribution >= 4 is 5.97 Å². The quantitative estimate of drug-likeness (QED) is 0.789. The van der Waals surface area contributed by atoms with Crippen molar-refractivity contribution in [2.24, 2.45) is 0 Å². The first-order valence-corrected chi connectivity index (χ1v) is 7.34. The van der Waals surface area contributed by atoms with E-state index in [0.29, 0.717) is 24.4 Å². The summed E-state index contributed by atoms with van der Waals surface area (Å²) in [5, 5.41) is 0. The van der Waals surface area contributed by atoms with Crippen LogP contribution in [0, 0.1) is 0 Å². The molecule has 108 valence electrons. The molecule has 0 unspecified atom stereocenters. The van der Waals surface area contributed by atoms with Gasteiger partial charge in [0.2, 0.25) is 0 Å². The zero-order valence-electron chi connectivity index (χ0n) is 11.8. The standard InChI is InChI=1S/C16H21NO3/c1-12(17-9-14-7-8-15(10-17)20-14)11-19-16(18)13-5-3-2-4-6-13/h2-6,12,14-15H,7-11H2,1H3/t12-,14+,15+/m1/s1. The molecule has 0 radical (unpaired) electrons. The summed E-state index contributed by atoms with van der Waals surface area (Å²) in [4.78, 5) is 14.3. The lowest BCUT2D eigenvalue weighted by Crippen LogP contribution is -2.48. The SMILES string of the molecule is C[C@H](COC(=O)c1ccccc1)N1C[C@@H]2CC[C@@H](C1)O2. The molecule has 20 heavy (non-hydrogen) atoms. The van der Waals surface area contributed by atoms with Crippen molar-refractivity contribution in [2.75, 3.05) is 19.7 Å². The molecule has 1 aromatic carbocycles. The van der Waals surface area contributed by atoms with Crippen molar-refractivity contribution < 1.29 is 14.3 Å². The van der Waals surface area contributed by atoms with Gasteiger partial charge in [-0.3, -0.25) is 4.90 Å². The first-order chi connectivity index (χ1) is 9.72. The van der Waals surface area contributed by atoms with E-state index in [4.69, 9.17) is 9.47 Å². The van der Waals surface area contributed by atoms with Gasteiger partial charge >= 0.3 is 5.97 Å². The van der Waals surface area contributed by atoms with Crippen LogP contribution >= 0.6 is 0 Å². The summed E-state index contributed by atoms with van der Waals surface area (Å²) in [6.45, 7) is 4.47. The number of hydrogen-bond acceptors (Lipinski definition) is 4. The minimum absolute atomic E-state index is 0.242. The van der Waals surface area contributed by atoms with Gasteiger partial charge in [0, 0.05) is 19.1 Å². The molecule has 1 aromatic rings. The van der Waals surface area contributed by atoms with Crippen molar-refractivity contribution in [1.82, 2.24) is 4.90 Å². The van der Waals surface area contributed by atoms with Crippen LogP contribution in [0.15, 0.2) is 30.3 Å². The van der Waals surface area contributed by atoms with Crippen molar-refractivity contribution in [1.29, 1.82) is 0 Å². The van der Waals surface area contributed by atoms with Crippen molar-refractivity contribution in [2.45, 2.75) is 38.0 Å². The second kappa shape index (κ2) is 5.94. The molecule has 3 atom stereocenters. The number of benzene rings is 1. The fraction of sp³-hybridized carbons (Fsp3) is 0.562. The van der Waals surface area contributed by atoms with Gasteiger partial charge in [-0.25, -0.2) is 4.79 Å². The third-order valence-electron chi connectivity index (χ3n) is 4.16. The fourth-order valence-corrected chi connectivity index (χ4v) is 2.97. The minimum atomic E-state index is -0.242. The summed E-state index contributed by atoms with van der Waals surface area (Å²) in [5.74, 6) is -0.242. The maximum atomic E-state index is 11.9. The lowest BCUT2D eigenvalue weighted by atomic mass is 10.2. The van der Waals surface area contributed by atoms with E-state index in [2.05, 4.69) is 11.8 Å². The van der Waals surface area contributed by atoms with Gasteiger partial charge in [-0.2, -0.15) is 0 Å². The number of esters is 1. The normalized spacial score (nSPS) is 27.2. The van der Waals surface area contributed by atoms with Crippen LogP contribution in [0.4, 0.5) is 0 Å². The fourth-order valence-electron chi connectivity index (χ4n) is 2.97. The lowest BCUT2D eigenvalue weighted by molar-refractivity contribution is -0.0584. The molecule has 3 rings (SSSR count). The molecule has 2 bridgehead atoms. The molecule has 0 saturated carbocycles. The monoisotopic (exact) mass is 275 g/mol. The number of carbonyl (C=O) groups excluding carboxylic acids is 1. The van der Waals surface area contributed by atoms with Crippen LogP contribution in [0.25, 0.3) is 0 Å². The summed E-state index contributed by atoms with van der Waals surface area (Å²) in [5.41, 5.74) is 0.613. The highest BCUT2D eigenvalue weighted by atomic mass is 16.5. The average molecular weight is 275 g/mol. The Hall–Kier alpha value is -1.39. The van der Waals surface area contributed by atoms with E-state index in [1.54, 1.807) is 12.1 Å². The number of ether oxygens (including phenoxy) is 2. The molecule has 0 spiro atoms. The predicted octanol–water partition coefficient (Wildman–Crippen LogP) is 2.10. The van der Waals surface area contributed by atoms with E-state index >= 15 is 0 Å². The molecule has 4 heteroatoms. The maximum Gasteiger partial charge on any atom is 0.338 e. The second-order valence-electron chi connectivity index (χ2n) is 5.72. The topological polar surface area (TPSA) is 38.8 Å². The average Bonchev–Trinajstić information content (AvgIpc) is 2.83. The molecule has 2 fully saturated rings. The highest BCUT2D eigenvalue weighted by Gasteiger charge is 2.35. The molecule has 4 nitrogen and oxygen atoms in total. The van der Waals surface area contributed by atoms with E-state index in [-0.39, 0.29) is 12.0 Å². The molecule has 2 aliphatic heterocycles. The van der Waals surface area contributed by atoms with Crippen LogP contribution in [0.5, 0.6) is 0 Å². The lowest BCUT2D eigenvalue weighted by Gasteiger charge is -2.36. The van der Waals surface area contributed by atoms with E-state index in [0.717, 1.165) is 25.9 Å². The number of fused-ring (bicyclic) bond motifs is 2. The molecular weight excluding hydrogens is 254 g/mol. The number of likely N-dealkylation sites (tertiary alicyclic amines) is 1. The zero-order chi connectivity index (χ0) is 13.9. The Balaban J connectivity index is 1.50. The molecule has 0 amide bonds. The van der Waals surface area contributed by atoms with Crippen LogP contribution in [0.2, 0.25) is 0 Å². The number of rotatable bonds is 4. The molecule has 0 aliphatic carbocycles. The molecule has 2 saturated heterocycles. The Morgan fingerprint density at radius 3 is 2.60 bits per heavy atom. The van der Waals surface area contributed by atoms with Crippen molar-refractivity contribution in [3.05, 3.63) is 35.9 Å². The van der Waals surface area contributed by atoms with E-state index in [9.17, 15) is 4.79 Å². The summed E-state index contributed by atoms with van der Waals surface area (Å²) in [6.07, 6.45) is 3.08.